The number of pyridine rings is 1. The molecule has 1 aliphatic heterocycles. The SMILES string of the molecule is CC(=O)NC1CCN(Cc2ccc(Cl)nc2Cl)C1. The highest BCUT2D eigenvalue weighted by molar-refractivity contribution is 6.32. The first kappa shape index (κ1) is 13.6. The van der Waals surface area contributed by atoms with Crippen LogP contribution in [0.2, 0.25) is 10.3 Å². The van der Waals surface area contributed by atoms with Crippen LogP contribution < -0.4 is 5.32 Å². The summed E-state index contributed by atoms with van der Waals surface area (Å²) in [6.07, 6.45) is 0.970. The minimum Gasteiger partial charge on any atom is -0.352 e. The van der Waals surface area contributed by atoms with Crippen LogP contribution in [-0.4, -0.2) is 34.9 Å². The molecule has 0 bridgehead atoms. The fourth-order valence-electron chi connectivity index (χ4n) is 2.18. The summed E-state index contributed by atoms with van der Waals surface area (Å²) < 4.78 is 0. The number of nitrogens with one attached hydrogen (secondary N) is 1. The molecular formula is C12H15Cl2N3O. The summed E-state index contributed by atoms with van der Waals surface area (Å²) in [5.41, 5.74) is 0.963. The highest BCUT2D eigenvalue weighted by Gasteiger charge is 2.23. The Morgan fingerprint density at radius 3 is 3.00 bits per heavy atom. The van der Waals surface area contributed by atoms with Gasteiger partial charge in [-0.15, -0.1) is 0 Å². The first-order valence-corrected chi connectivity index (χ1v) is 6.60. The number of carbonyl (C=O) groups excluding carboxylic acids is 1. The molecule has 2 heterocycles. The van der Waals surface area contributed by atoms with Crippen molar-refractivity contribution >= 4 is 29.1 Å². The Labute approximate surface area is 116 Å². The van der Waals surface area contributed by atoms with Crippen LogP contribution in [0.15, 0.2) is 12.1 Å². The third-order valence-electron chi connectivity index (χ3n) is 2.97. The molecule has 1 aromatic heterocycles. The van der Waals surface area contributed by atoms with Gasteiger partial charge in [0.1, 0.15) is 10.3 Å². The van der Waals surface area contributed by atoms with Crippen LogP contribution in [0.4, 0.5) is 0 Å². The molecule has 1 amide bonds. The number of nitrogens with zero attached hydrogens (tertiary/aromatic N) is 2. The van der Waals surface area contributed by atoms with Crippen molar-refractivity contribution in [3.63, 3.8) is 0 Å². The van der Waals surface area contributed by atoms with Crippen LogP contribution in [0.5, 0.6) is 0 Å². The maximum absolute atomic E-state index is 11.0. The smallest absolute Gasteiger partial charge is 0.217 e. The molecule has 1 saturated heterocycles. The van der Waals surface area contributed by atoms with Gasteiger partial charge in [-0.3, -0.25) is 9.69 Å². The van der Waals surface area contributed by atoms with Crippen molar-refractivity contribution in [1.29, 1.82) is 0 Å². The van der Waals surface area contributed by atoms with E-state index in [1.165, 1.54) is 0 Å². The van der Waals surface area contributed by atoms with E-state index in [0.29, 0.717) is 10.3 Å². The summed E-state index contributed by atoms with van der Waals surface area (Å²) in [7, 11) is 0. The molecule has 2 rings (SSSR count). The zero-order valence-corrected chi connectivity index (χ0v) is 11.6. The van der Waals surface area contributed by atoms with Crippen molar-refractivity contribution in [3.05, 3.63) is 28.0 Å². The van der Waals surface area contributed by atoms with Crippen molar-refractivity contribution in [2.45, 2.75) is 25.9 Å². The van der Waals surface area contributed by atoms with E-state index in [4.69, 9.17) is 23.2 Å². The van der Waals surface area contributed by atoms with Crippen molar-refractivity contribution in [2.24, 2.45) is 0 Å². The normalized spacial score (nSPS) is 20.1. The highest BCUT2D eigenvalue weighted by Crippen LogP contribution is 2.20. The maximum atomic E-state index is 11.0. The predicted octanol–water partition coefficient (Wildman–Crippen LogP) is 2.10. The maximum Gasteiger partial charge on any atom is 0.217 e. The average molecular weight is 288 g/mol. The molecule has 1 N–H and O–H groups in total. The first-order chi connectivity index (χ1) is 8.54. The molecule has 0 aromatic carbocycles. The second-order valence-electron chi connectivity index (χ2n) is 4.51. The number of rotatable bonds is 3. The molecule has 0 radical (unpaired) electrons. The van der Waals surface area contributed by atoms with Gasteiger partial charge in [0, 0.05) is 38.2 Å². The minimum atomic E-state index is 0.0213. The summed E-state index contributed by atoms with van der Waals surface area (Å²) >= 11 is 11.8. The lowest BCUT2D eigenvalue weighted by atomic mass is 10.2. The topological polar surface area (TPSA) is 45.2 Å². The van der Waals surface area contributed by atoms with Gasteiger partial charge in [0.2, 0.25) is 5.91 Å². The third-order valence-corrected chi connectivity index (χ3v) is 3.50. The van der Waals surface area contributed by atoms with E-state index in [9.17, 15) is 4.79 Å². The van der Waals surface area contributed by atoms with Crippen LogP contribution in [0, 0.1) is 0 Å². The highest BCUT2D eigenvalue weighted by atomic mass is 35.5. The number of carbonyl (C=O) groups is 1. The third kappa shape index (κ3) is 3.57. The Kier molecular flexibility index (Phi) is 4.43. The standard InChI is InChI=1S/C12H15Cl2N3O/c1-8(18)15-10-4-5-17(7-10)6-9-2-3-11(13)16-12(9)14/h2-3,10H,4-7H2,1H3,(H,15,18). The Balaban J connectivity index is 1.93. The monoisotopic (exact) mass is 287 g/mol. The molecule has 1 aliphatic rings. The number of halogens is 2. The number of hydrogen-bond acceptors (Lipinski definition) is 3. The summed E-state index contributed by atoms with van der Waals surface area (Å²) in [5.74, 6) is 0.0213. The molecule has 0 saturated carbocycles. The lowest BCUT2D eigenvalue weighted by Gasteiger charge is -2.16. The fourth-order valence-corrected chi connectivity index (χ4v) is 2.59. The number of amides is 1. The van der Waals surface area contributed by atoms with Crippen molar-refractivity contribution < 1.29 is 4.79 Å². The van der Waals surface area contributed by atoms with Gasteiger partial charge in [-0.1, -0.05) is 29.3 Å². The number of aromatic nitrogens is 1. The summed E-state index contributed by atoms with van der Waals surface area (Å²) in [6.45, 7) is 4.07. The van der Waals surface area contributed by atoms with Gasteiger partial charge in [-0.2, -0.15) is 0 Å². The van der Waals surface area contributed by atoms with Crippen LogP contribution in [-0.2, 0) is 11.3 Å². The second-order valence-corrected chi connectivity index (χ2v) is 5.25. The van der Waals surface area contributed by atoms with Gasteiger partial charge in [0.15, 0.2) is 0 Å². The predicted molar refractivity (Wildman–Crippen MR) is 71.8 cm³/mol. The van der Waals surface area contributed by atoms with Gasteiger partial charge in [0.25, 0.3) is 0 Å². The first-order valence-electron chi connectivity index (χ1n) is 5.85. The molecule has 1 atom stereocenters. The molecule has 4 nitrogen and oxygen atoms in total. The molecule has 1 unspecified atom stereocenters. The quantitative estimate of drug-likeness (QED) is 0.866. The molecule has 6 heteroatoms. The largest absolute Gasteiger partial charge is 0.352 e. The molecule has 0 spiro atoms. The van der Waals surface area contributed by atoms with Crippen LogP contribution in [0.3, 0.4) is 0 Å². The second kappa shape index (κ2) is 5.87. The summed E-state index contributed by atoms with van der Waals surface area (Å²) in [5, 5.41) is 3.78. The van der Waals surface area contributed by atoms with Gasteiger partial charge in [-0.05, 0) is 12.5 Å². The van der Waals surface area contributed by atoms with Crippen LogP contribution in [0.25, 0.3) is 0 Å². The molecule has 18 heavy (non-hydrogen) atoms. The van der Waals surface area contributed by atoms with Crippen LogP contribution in [0.1, 0.15) is 18.9 Å². The lowest BCUT2D eigenvalue weighted by Crippen LogP contribution is -2.35. The molecule has 1 aromatic rings. The molecule has 0 aliphatic carbocycles. The Morgan fingerprint density at radius 2 is 2.33 bits per heavy atom. The van der Waals surface area contributed by atoms with Gasteiger partial charge in [-0.25, -0.2) is 4.98 Å². The van der Waals surface area contributed by atoms with E-state index in [1.54, 1.807) is 13.0 Å². The Morgan fingerprint density at radius 1 is 1.56 bits per heavy atom. The van der Waals surface area contributed by atoms with Gasteiger partial charge in [0.05, 0.1) is 0 Å². The summed E-state index contributed by atoms with van der Waals surface area (Å²) in [4.78, 5) is 17.2. The average Bonchev–Trinajstić information content (AvgIpc) is 2.69. The molecule has 1 fully saturated rings. The number of likely N-dealkylation sites (tertiary alicyclic amines) is 1. The van der Waals surface area contributed by atoms with Crippen LogP contribution >= 0.6 is 23.2 Å². The number of hydrogen-bond donors (Lipinski definition) is 1. The fraction of sp³-hybridized carbons (Fsp3) is 0.500. The molecular weight excluding hydrogens is 273 g/mol. The molecule has 98 valence electrons. The van der Waals surface area contributed by atoms with Crippen molar-refractivity contribution in [1.82, 2.24) is 15.2 Å². The van der Waals surface area contributed by atoms with E-state index in [-0.39, 0.29) is 11.9 Å². The van der Waals surface area contributed by atoms with E-state index in [1.807, 2.05) is 6.07 Å². The minimum absolute atomic E-state index is 0.0213. The zero-order chi connectivity index (χ0) is 13.1. The van der Waals surface area contributed by atoms with E-state index >= 15 is 0 Å². The van der Waals surface area contributed by atoms with Gasteiger partial charge < -0.3 is 5.32 Å². The van der Waals surface area contributed by atoms with Crippen molar-refractivity contribution in [3.8, 4) is 0 Å². The Hall–Kier alpha value is -0.840. The Bertz CT molecular complexity index is 453. The van der Waals surface area contributed by atoms with E-state index < -0.39 is 0 Å². The summed E-state index contributed by atoms with van der Waals surface area (Å²) in [6, 6.07) is 3.87. The van der Waals surface area contributed by atoms with Gasteiger partial charge >= 0.3 is 0 Å². The van der Waals surface area contributed by atoms with E-state index in [2.05, 4.69) is 15.2 Å². The van der Waals surface area contributed by atoms with Crippen molar-refractivity contribution in [2.75, 3.05) is 13.1 Å². The zero-order valence-electron chi connectivity index (χ0n) is 10.1. The van der Waals surface area contributed by atoms with E-state index in [0.717, 1.165) is 31.6 Å². The lowest BCUT2D eigenvalue weighted by molar-refractivity contribution is -0.119.